The van der Waals surface area contributed by atoms with E-state index in [9.17, 15) is 33.9 Å². The standard InChI is InChI=1S/C36H23BrO11.C34H19BrO10.CH2Cl2/c1-3-12-42-21-8-10-26-30(14-21)46-31-15-22(9-11-27(31)36(26)25-7-5-4-6-23(25)34(39)48-36)45-35(40)43-18-20-13-33(38)47-29-17-32(44-19-41-2)28(37)16-24(20)29;1-2-11-40-19-7-9-24-29(13-19)43-30-14-20(8-10-25(30)34(24)23-6-4-3-5-21(23)32(38)45-34)42-33(39)41-17-18-12-31(37)44-28-16-27(36)26(35)15-22(18)28;2-1-3/h1,4-11,13-17H,12,18-19H2,2H3;1,3-10,12-16,36H,11,17H2;1H2. The highest BCUT2D eigenvalue weighted by molar-refractivity contribution is 9.11. The van der Waals surface area contributed by atoms with Crippen molar-refractivity contribution >= 4 is 101 Å². The highest BCUT2D eigenvalue weighted by atomic mass is 79.9. The van der Waals surface area contributed by atoms with E-state index >= 15 is 0 Å². The third kappa shape index (κ3) is 12.6. The largest absolute Gasteiger partial charge is 0.514 e. The Labute approximate surface area is 569 Å². The third-order valence-corrected chi connectivity index (χ3v) is 16.4. The van der Waals surface area contributed by atoms with Gasteiger partial charge in [-0.1, -0.05) is 48.2 Å². The number of alkyl halides is 2. The number of phenols is 1. The van der Waals surface area contributed by atoms with Gasteiger partial charge in [-0.15, -0.1) is 36.0 Å². The van der Waals surface area contributed by atoms with Crippen molar-refractivity contribution in [3.8, 4) is 82.2 Å². The molecule has 14 rings (SSSR count). The van der Waals surface area contributed by atoms with Crippen molar-refractivity contribution in [3.05, 3.63) is 243 Å². The molecule has 0 saturated heterocycles. The van der Waals surface area contributed by atoms with Gasteiger partial charge in [0.05, 0.1) is 25.4 Å². The molecule has 2 unspecified atom stereocenters. The molecule has 0 radical (unpaired) electrons. The Kier molecular flexibility index (Phi) is 18.7. The molecule has 2 spiro atoms. The van der Waals surface area contributed by atoms with Gasteiger partial charge in [0, 0.05) is 111 Å². The molecule has 0 saturated carbocycles. The van der Waals surface area contributed by atoms with Crippen molar-refractivity contribution in [2.45, 2.75) is 24.4 Å². The normalized spacial score (nSPS) is 15.2. The smallest absolute Gasteiger partial charge is 0.507 e. The first-order chi connectivity index (χ1) is 46.5. The molecule has 0 bridgehead atoms. The molecule has 0 amide bonds. The molecule has 0 aliphatic carbocycles. The lowest BCUT2D eigenvalue weighted by Crippen LogP contribution is -2.33. The van der Waals surface area contributed by atoms with E-state index in [0.717, 1.165) is 0 Å². The number of rotatable bonds is 13. The molecule has 2 atom stereocenters. The first-order valence-electron chi connectivity index (χ1n) is 28.4. The molecule has 21 nitrogen and oxygen atoms in total. The van der Waals surface area contributed by atoms with Gasteiger partial charge in [0.2, 0.25) is 0 Å². The SMILES string of the molecule is C#CCOc1ccc2c(c1)Oc1cc(OC(=O)OCc3cc(=O)oc4cc(O)c(Br)cc34)ccc1C21OC(=O)c2ccccc21.C#CCOc1ccc2c(c1)Oc1cc(OC(=O)OCc3cc(=O)oc4cc(OCOC)c(Br)cc34)ccc1C21OC(=O)c2ccccc21.ClCCl. The summed E-state index contributed by atoms with van der Waals surface area (Å²) in [5.41, 5.74) is 1.38. The van der Waals surface area contributed by atoms with Gasteiger partial charge in [-0.05, 0) is 105 Å². The fraction of sp³-hybridized carbons (Fsp3) is 0.127. The summed E-state index contributed by atoms with van der Waals surface area (Å²) < 4.78 is 79.4. The molecular weight excluding hydrogens is 1420 g/mol. The molecule has 4 aliphatic heterocycles. The average Bonchev–Trinajstić information content (AvgIpc) is 1.47. The number of carbonyl (C=O) groups is 4. The summed E-state index contributed by atoms with van der Waals surface area (Å²) in [4.78, 5) is 76.1. The average molecular weight is 1460 g/mol. The van der Waals surface area contributed by atoms with Crippen LogP contribution in [0.4, 0.5) is 9.59 Å². The van der Waals surface area contributed by atoms with Crippen LogP contribution >= 0.6 is 55.1 Å². The van der Waals surface area contributed by atoms with Gasteiger partial charge in [0.15, 0.2) is 18.0 Å². The number of aromatic hydroxyl groups is 1. The number of fused-ring (bicyclic) bond motifs is 14. The Morgan fingerprint density at radius 2 is 0.927 bits per heavy atom. The van der Waals surface area contributed by atoms with Crippen molar-refractivity contribution < 1.29 is 90.0 Å². The third-order valence-electron chi connectivity index (χ3n) is 15.2. The van der Waals surface area contributed by atoms with Gasteiger partial charge in [0.1, 0.15) is 95.1 Å². The van der Waals surface area contributed by atoms with Gasteiger partial charge in [0.25, 0.3) is 0 Å². The maximum atomic E-state index is 13.1. The van der Waals surface area contributed by atoms with E-state index in [2.05, 4.69) is 43.7 Å². The number of hydrogen-bond acceptors (Lipinski definition) is 21. The van der Waals surface area contributed by atoms with Crippen LogP contribution in [0.25, 0.3) is 21.9 Å². The summed E-state index contributed by atoms with van der Waals surface area (Å²) in [7, 11) is 1.48. The topological polar surface area (TPSA) is 260 Å². The molecular formula is C71H44Br2Cl2O21. The van der Waals surface area contributed by atoms with Crippen molar-refractivity contribution in [1.82, 2.24) is 0 Å². The fourth-order valence-corrected chi connectivity index (χ4v) is 12.1. The summed E-state index contributed by atoms with van der Waals surface area (Å²) in [6.07, 6.45) is 8.62. The second-order valence-corrected chi connectivity index (χ2v) is 23.3. The minimum atomic E-state index is -1.33. The maximum Gasteiger partial charge on any atom is 0.514 e. The molecule has 0 fully saturated rings. The number of ether oxygens (including phenoxy) is 12. The second-order valence-electron chi connectivity index (χ2n) is 20.7. The van der Waals surface area contributed by atoms with Crippen molar-refractivity contribution in [2.24, 2.45) is 0 Å². The van der Waals surface area contributed by atoms with Crippen LogP contribution in [-0.2, 0) is 48.1 Å². The van der Waals surface area contributed by atoms with Crippen molar-refractivity contribution in [3.63, 3.8) is 0 Å². The minimum Gasteiger partial charge on any atom is -0.507 e. The highest BCUT2D eigenvalue weighted by Crippen LogP contribution is 2.59. The summed E-state index contributed by atoms with van der Waals surface area (Å²) in [6.45, 7) is -0.532. The number of carbonyl (C=O) groups excluding carboxylic acids is 4. The van der Waals surface area contributed by atoms with Crippen LogP contribution in [0.5, 0.6) is 57.5 Å². The summed E-state index contributed by atoms with van der Waals surface area (Å²) in [6, 6.07) is 42.3. The number of benzene rings is 8. The summed E-state index contributed by atoms with van der Waals surface area (Å²) in [5, 5.41) is 11.1. The van der Waals surface area contributed by atoms with Gasteiger partial charge in [-0.3, -0.25) is 0 Å². The Morgan fingerprint density at radius 3 is 1.36 bits per heavy atom. The van der Waals surface area contributed by atoms with E-state index in [1.807, 2.05) is 24.3 Å². The Morgan fingerprint density at radius 1 is 0.521 bits per heavy atom. The molecule has 2 aromatic heterocycles. The first-order valence-corrected chi connectivity index (χ1v) is 31.0. The molecule has 6 heterocycles. The predicted octanol–water partition coefficient (Wildman–Crippen LogP) is 14.8. The quantitative estimate of drug-likeness (QED) is 0.0214. The van der Waals surface area contributed by atoms with Gasteiger partial charge in [-0.25, -0.2) is 28.8 Å². The molecule has 8 aromatic carbocycles. The van der Waals surface area contributed by atoms with Crippen LogP contribution < -0.4 is 44.4 Å². The van der Waals surface area contributed by atoms with Crippen LogP contribution in [0, 0.1) is 24.7 Å². The zero-order valence-corrected chi connectivity index (χ0v) is 54.2. The van der Waals surface area contributed by atoms with Crippen LogP contribution in [0.2, 0.25) is 0 Å². The van der Waals surface area contributed by atoms with Gasteiger partial charge >= 0.3 is 35.5 Å². The van der Waals surface area contributed by atoms with Crippen molar-refractivity contribution in [1.29, 1.82) is 0 Å². The minimum absolute atomic E-state index is 0.00931. The lowest BCUT2D eigenvalue weighted by atomic mass is 9.77. The zero-order valence-electron chi connectivity index (χ0n) is 49.5. The highest BCUT2D eigenvalue weighted by Gasteiger charge is 2.55. The van der Waals surface area contributed by atoms with Crippen LogP contribution in [0.3, 0.4) is 0 Å². The Balaban J connectivity index is 0.000000177. The summed E-state index contributed by atoms with van der Waals surface area (Å²) in [5.74, 6) is 6.47. The number of methoxy groups -OCH3 is 1. The van der Waals surface area contributed by atoms with Gasteiger partial charge in [-0.2, -0.15) is 0 Å². The molecule has 25 heteroatoms. The lowest BCUT2D eigenvalue weighted by Gasteiger charge is -2.36. The second kappa shape index (κ2) is 27.6. The van der Waals surface area contributed by atoms with Crippen LogP contribution in [0.15, 0.2) is 185 Å². The first kappa shape index (κ1) is 65.2. The predicted molar refractivity (Wildman–Crippen MR) is 351 cm³/mol. The lowest BCUT2D eigenvalue weighted by molar-refractivity contribution is 0.0213. The molecule has 482 valence electrons. The number of phenolic OH excluding ortho intramolecular Hbond substituents is 1. The van der Waals surface area contributed by atoms with E-state index in [1.54, 1.807) is 91.0 Å². The fourth-order valence-electron chi connectivity index (χ4n) is 11.3. The van der Waals surface area contributed by atoms with Crippen LogP contribution in [-0.4, -0.2) is 61.8 Å². The number of terminal acetylenes is 2. The van der Waals surface area contributed by atoms with E-state index < -0.39 is 46.7 Å². The summed E-state index contributed by atoms with van der Waals surface area (Å²) >= 11 is 16.2. The molecule has 1 N–H and O–H groups in total. The van der Waals surface area contributed by atoms with E-state index in [1.165, 1.54) is 49.6 Å². The number of halogens is 4. The maximum absolute atomic E-state index is 13.1. The molecule has 4 aliphatic rings. The molecule has 96 heavy (non-hydrogen) atoms. The Bertz CT molecular complexity index is 5030. The van der Waals surface area contributed by atoms with E-state index in [-0.39, 0.29) is 78.5 Å². The zero-order chi connectivity index (χ0) is 67.4. The van der Waals surface area contributed by atoms with Crippen LogP contribution in [0.1, 0.15) is 65.2 Å². The monoisotopic (exact) mass is 1460 g/mol. The van der Waals surface area contributed by atoms with E-state index in [0.29, 0.717) is 104 Å². The van der Waals surface area contributed by atoms with E-state index in [4.69, 9.17) is 102 Å². The molecule has 10 aromatic rings. The van der Waals surface area contributed by atoms with Crippen molar-refractivity contribution in [2.75, 3.05) is 32.5 Å². The Hall–Kier alpha value is -10.9. The number of hydrogen-bond donors (Lipinski definition) is 1. The number of esters is 2. The van der Waals surface area contributed by atoms with Gasteiger partial charge < -0.3 is 70.8 Å².